The van der Waals surface area contributed by atoms with E-state index in [9.17, 15) is 4.79 Å². The van der Waals surface area contributed by atoms with Gasteiger partial charge in [0, 0.05) is 6.04 Å². The van der Waals surface area contributed by atoms with E-state index in [1.54, 1.807) is 12.1 Å². The molecule has 1 aliphatic rings. The Kier molecular flexibility index (Phi) is 6.12. The summed E-state index contributed by atoms with van der Waals surface area (Å²) >= 11 is 6.37. The van der Waals surface area contributed by atoms with Crippen LogP contribution >= 0.6 is 11.6 Å². The average molecular weight is 472 g/mol. The lowest BCUT2D eigenvalue weighted by Crippen LogP contribution is -2.33. The molecule has 0 aliphatic heterocycles. The quantitative estimate of drug-likeness (QED) is 0.300. The van der Waals surface area contributed by atoms with Gasteiger partial charge in [0.15, 0.2) is 0 Å². The largest absolute Gasteiger partial charge is 0.439 e. The lowest BCUT2D eigenvalue weighted by Gasteiger charge is -2.23. The summed E-state index contributed by atoms with van der Waals surface area (Å²) in [7, 11) is 0. The fraction of sp³-hybridized carbons (Fsp3) is 0.214. The molecule has 0 spiro atoms. The molecule has 6 heteroatoms. The van der Waals surface area contributed by atoms with Gasteiger partial charge in [-0.25, -0.2) is 4.68 Å². The minimum atomic E-state index is -0.0681. The van der Waals surface area contributed by atoms with E-state index < -0.39 is 0 Å². The van der Waals surface area contributed by atoms with Crippen molar-refractivity contribution in [3.05, 3.63) is 106 Å². The average Bonchev–Trinajstić information content (AvgIpc) is 3.63. The number of hydrogen-bond donors (Lipinski definition) is 0. The minimum absolute atomic E-state index is 0.0681. The summed E-state index contributed by atoms with van der Waals surface area (Å²) in [5.74, 6) is 1.28. The highest BCUT2D eigenvalue weighted by molar-refractivity contribution is 6.33. The molecule has 1 amide bonds. The molecule has 0 bridgehead atoms. The number of aromatic nitrogens is 2. The van der Waals surface area contributed by atoms with Gasteiger partial charge in [-0.15, -0.1) is 0 Å². The summed E-state index contributed by atoms with van der Waals surface area (Å²) in [6.07, 6.45) is 1.96. The third-order valence-electron chi connectivity index (χ3n) is 6.02. The van der Waals surface area contributed by atoms with Gasteiger partial charge in [-0.1, -0.05) is 54.1 Å². The second-order valence-corrected chi connectivity index (χ2v) is 9.09. The molecule has 0 radical (unpaired) electrons. The van der Waals surface area contributed by atoms with E-state index in [2.05, 4.69) is 0 Å². The second kappa shape index (κ2) is 9.35. The summed E-state index contributed by atoms with van der Waals surface area (Å²) in [4.78, 5) is 15.4. The molecule has 4 aromatic rings. The maximum Gasteiger partial charge on any atom is 0.255 e. The SMILES string of the molecule is Cc1cccc(Oc2c(CN(C(=O)c3ccccc3Cl)C3CC3)c(C)nn2-c2ccccc2)c1. The zero-order chi connectivity index (χ0) is 23.7. The summed E-state index contributed by atoms with van der Waals surface area (Å²) in [6, 6.07) is 25.2. The molecule has 1 aromatic heterocycles. The number of rotatable bonds is 7. The van der Waals surface area contributed by atoms with Crippen LogP contribution < -0.4 is 4.74 Å². The van der Waals surface area contributed by atoms with E-state index in [0.29, 0.717) is 23.0 Å². The lowest BCUT2D eigenvalue weighted by atomic mass is 10.1. The zero-order valence-electron chi connectivity index (χ0n) is 19.2. The van der Waals surface area contributed by atoms with Crippen LogP contribution in [0.15, 0.2) is 78.9 Å². The van der Waals surface area contributed by atoms with Crippen LogP contribution in [0, 0.1) is 13.8 Å². The maximum absolute atomic E-state index is 13.5. The lowest BCUT2D eigenvalue weighted by molar-refractivity contribution is 0.0729. The minimum Gasteiger partial charge on any atom is -0.439 e. The molecule has 34 heavy (non-hydrogen) atoms. The van der Waals surface area contributed by atoms with Crippen LogP contribution in [-0.4, -0.2) is 26.6 Å². The van der Waals surface area contributed by atoms with Crippen LogP contribution in [0.25, 0.3) is 5.69 Å². The van der Waals surface area contributed by atoms with Crippen LogP contribution in [0.4, 0.5) is 0 Å². The Morgan fingerprint density at radius 2 is 1.76 bits per heavy atom. The predicted octanol–water partition coefficient (Wildman–Crippen LogP) is 6.74. The first kappa shape index (κ1) is 22.2. The highest BCUT2D eigenvalue weighted by Gasteiger charge is 2.35. The van der Waals surface area contributed by atoms with Gasteiger partial charge in [0.25, 0.3) is 5.91 Å². The number of carbonyl (C=O) groups excluding carboxylic acids is 1. The van der Waals surface area contributed by atoms with E-state index in [0.717, 1.165) is 41.1 Å². The molecule has 1 aliphatic carbocycles. The standard InChI is InChI=1S/C28H26ClN3O2/c1-19-9-8-12-23(17-19)34-28-25(20(2)30-32(28)22-10-4-3-5-11-22)18-31(21-15-16-21)27(33)24-13-6-7-14-26(24)29/h3-14,17,21H,15-16,18H2,1-2H3. The molecule has 1 saturated carbocycles. The smallest absolute Gasteiger partial charge is 0.255 e. The molecular weight excluding hydrogens is 446 g/mol. The van der Waals surface area contributed by atoms with Gasteiger partial charge in [-0.2, -0.15) is 5.10 Å². The Labute approximate surface area is 204 Å². The summed E-state index contributed by atoms with van der Waals surface area (Å²) in [5.41, 5.74) is 4.23. The number of carbonyl (C=O) groups is 1. The van der Waals surface area contributed by atoms with Gasteiger partial charge in [0.05, 0.1) is 34.1 Å². The molecule has 0 saturated heterocycles. The molecule has 0 unspecified atom stereocenters. The number of para-hydroxylation sites is 1. The van der Waals surface area contributed by atoms with Crippen molar-refractivity contribution in [2.45, 2.75) is 39.3 Å². The Hall–Kier alpha value is -3.57. The monoisotopic (exact) mass is 471 g/mol. The fourth-order valence-corrected chi connectivity index (χ4v) is 4.29. The molecule has 1 fully saturated rings. The number of benzene rings is 3. The summed E-state index contributed by atoms with van der Waals surface area (Å²) in [5, 5.41) is 5.27. The maximum atomic E-state index is 13.5. The first-order valence-electron chi connectivity index (χ1n) is 11.4. The summed E-state index contributed by atoms with van der Waals surface area (Å²) in [6.45, 7) is 4.39. The van der Waals surface area contributed by atoms with Gasteiger partial charge >= 0.3 is 0 Å². The molecule has 1 heterocycles. The molecule has 5 nitrogen and oxygen atoms in total. The Morgan fingerprint density at radius 1 is 1.03 bits per heavy atom. The molecule has 172 valence electrons. The van der Waals surface area contributed by atoms with E-state index >= 15 is 0 Å². The van der Waals surface area contributed by atoms with Crippen LogP contribution in [-0.2, 0) is 6.54 Å². The highest BCUT2D eigenvalue weighted by atomic mass is 35.5. The zero-order valence-corrected chi connectivity index (χ0v) is 20.0. The highest BCUT2D eigenvalue weighted by Crippen LogP contribution is 2.36. The number of nitrogens with zero attached hydrogens (tertiary/aromatic N) is 3. The Morgan fingerprint density at radius 3 is 2.47 bits per heavy atom. The third kappa shape index (κ3) is 4.57. The number of amides is 1. The Balaban J connectivity index is 1.56. The first-order valence-corrected chi connectivity index (χ1v) is 11.8. The molecule has 0 atom stereocenters. The van der Waals surface area contributed by atoms with Gasteiger partial charge in [0.2, 0.25) is 5.88 Å². The van der Waals surface area contributed by atoms with Crippen molar-refractivity contribution in [2.75, 3.05) is 0 Å². The number of halogens is 1. The van der Waals surface area contributed by atoms with Crippen molar-refractivity contribution in [1.29, 1.82) is 0 Å². The molecule has 3 aromatic carbocycles. The van der Waals surface area contributed by atoms with E-state index in [4.69, 9.17) is 21.4 Å². The van der Waals surface area contributed by atoms with Crippen molar-refractivity contribution in [1.82, 2.24) is 14.7 Å². The van der Waals surface area contributed by atoms with Crippen LogP contribution in [0.5, 0.6) is 11.6 Å². The Bertz CT molecular complexity index is 1330. The van der Waals surface area contributed by atoms with Crippen molar-refractivity contribution in [2.24, 2.45) is 0 Å². The predicted molar refractivity (Wildman–Crippen MR) is 134 cm³/mol. The number of hydrogen-bond acceptors (Lipinski definition) is 3. The van der Waals surface area contributed by atoms with E-state index in [-0.39, 0.29) is 11.9 Å². The van der Waals surface area contributed by atoms with Gasteiger partial charge in [-0.05, 0) is 68.7 Å². The van der Waals surface area contributed by atoms with Gasteiger partial charge in [-0.3, -0.25) is 4.79 Å². The van der Waals surface area contributed by atoms with Gasteiger partial charge < -0.3 is 9.64 Å². The first-order chi connectivity index (χ1) is 16.5. The van der Waals surface area contributed by atoms with Crippen LogP contribution in [0.2, 0.25) is 5.02 Å². The fourth-order valence-electron chi connectivity index (χ4n) is 4.07. The van der Waals surface area contributed by atoms with Crippen LogP contribution in [0.1, 0.15) is 40.0 Å². The summed E-state index contributed by atoms with van der Waals surface area (Å²) < 4.78 is 8.26. The molecular formula is C28H26ClN3O2. The van der Waals surface area contributed by atoms with Crippen LogP contribution in [0.3, 0.4) is 0 Å². The topological polar surface area (TPSA) is 47.4 Å². The number of aryl methyl sites for hydroxylation is 2. The van der Waals surface area contributed by atoms with Crippen molar-refractivity contribution >= 4 is 17.5 Å². The normalized spacial score (nSPS) is 13.0. The second-order valence-electron chi connectivity index (χ2n) is 8.68. The van der Waals surface area contributed by atoms with E-state index in [1.165, 1.54) is 0 Å². The van der Waals surface area contributed by atoms with Crippen molar-refractivity contribution in [3.63, 3.8) is 0 Å². The third-order valence-corrected chi connectivity index (χ3v) is 6.35. The molecule has 5 rings (SSSR count). The van der Waals surface area contributed by atoms with Crippen molar-refractivity contribution < 1.29 is 9.53 Å². The molecule has 0 N–H and O–H groups in total. The van der Waals surface area contributed by atoms with E-state index in [1.807, 2.05) is 90.2 Å². The van der Waals surface area contributed by atoms with Crippen molar-refractivity contribution in [3.8, 4) is 17.3 Å². The number of ether oxygens (including phenoxy) is 1. The van der Waals surface area contributed by atoms with Gasteiger partial charge in [0.1, 0.15) is 5.75 Å².